The molecule has 21 heavy (non-hydrogen) atoms. The van der Waals surface area contributed by atoms with Crippen LogP contribution in [0.2, 0.25) is 5.02 Å². The molecule has 4 nitrogen and oxygen atoms in total. The molecule has 0 saturated carbocycles. The van der Waals surface area contributed by atoms with E-state index in [0.717, 1.165) is 11.3 Å². The lowest BCUT2D eigenvalue weighted by Gasteiger charge is -2.04. The fraction of sp³-hybridized carbons (Fsp3) is 0.0667. The van der Waals surface area contributed by atoms with Crippen LogP contribution in [0.4, 0.5) is 10.2 Å². The summed E-state index contributed by atoms with van der Waals surface area (Å²) < 4.78 is 14.9. The average molecular weight is 303 g/mol. The van der Waals surface area contributed by atoms with E-state index in [-0.39, 0.29) is 5.82 Å². The molecule has 0 aliphatic heterocycles. The van der Waals surface area contributed by atoms with E-state index >= 15 is 0 Å². The largest absolute Gasteiger partial charge is 0.382 e. The molecule has 0 unspecified atom stereocenters. The number of hydrogen-bond acceptors (Lipinski definition) is 3. The first kappa shape index (κ1) is 13.6. The number of benzene rings is 2. The fourth-order valence-corrected chi connectivity index (χ4v) is 2.19. The number of nitrogens with zero attached hydrogens (tertiary/aromatic N) is 3. The van der Waals surface area contributed by atoms with Gasteiger partial charge >= 0.3 is 0 Å². The van der Waals surface area contributed by atoms with Gasteiger partial charge in [-0.2, -0.15) is 4.68 Å². The normalized spacial score (nSPS) is 10.8. The van der Waals surface area contributed by atoms with Crippen molar-refractivity contribution in [1.82, 2.24) is 15.0 Å². The van der Waals surface area contributed by atoms with Gasteiger partial charge in [0, 0.05) is 10.6 Å². The first-order chi connectivity index (χ1) is 10.1. The number of halogens is 2. The molecule has 0 aliphatic carbocycles. The van der Waals surface area contributed by atoms with Crippen LogP contribution in [0.15, 0.2) is 42.5 Å². The highest BCUT2D eigenvalue weighted by molar-refractivity contribution is 6.30. The van der Waals surface area contributed by atoms with Gasteiger partial charge in [0.05, 0.1) is 5.69 Å². The lowest BCUT2D eigenvalue weighted by Crippen LogP contribution is -2.02. The second-order valence-electron chi connectivity index (χ2n) is 4.68. The summed E-state index contributed by atoms with van der Waals surface area (Å²) in [6.45, 7) is 1.69. The quantitative estimate of drug-likeness (QED) is 0.786. The lowest BCUT2D eigenvalue weighted by molar-refractivity contribution is 0.619. The van der Waals surface area contributed by atoms with E-state index in [4.69, 9.17) is 17.3 Å². The van der Waals surface area contributed by atoms with Crippen LogP contribution in [0, 0.1) is 12.7 Å². The molecule has 1 aromatic heterocycles. The molecule has 3 aromatic rings. The van der Waals surface area contributed by atoms with Crippen LogP contribution in [0.1, 0.15) is 5.56 Å². The van der Waals surface area contributed by atoms with Crippen LogP contribution in [0.25, 0.3) is 16.9 Å². The molecular weight excluding hydrogens is 291 g/mol. The van der Waals surface area contributed by atoms with Crippen molar-refractivity contribution in [2.75, 3.05) is 5.73 Å². The third-order valence-electron chi connectivity index (χ3n) is 3.21. The maximum absolute atomic E-state index is 13.3. The van der Waals surface area contributed by atoms with Crippen molar-refractivity contribution in [2.45, 2.75) is 6.92 Å². The number of rotatable bonds is 2. The summed E-state index contributed by atoms with van der Waals surface area (Å²) in [7, 11) is 0. The summed E-state index contributed by atoms with van der Waals surface area (Å²) in [5.41, 5.74) is 8.65. The predicted octanol–water partition coefficient (Wildman–Crippen LogP) is 3.62. The highest BCUT2D eigenvalue weighted by Crippen LogP contribution is 2.27. The molecule has 3 rings (SSSR count). The Balaban J connectivity index is 2.06. The molecular formula is C15H12ClFN4. The van der Waals surface area contributed by atoms with Crippen molar-refractivity contribution in [3.8, 4) is 16.9 Å². The Bertz CT molecular complexity index is 796. The highest BCUT2D eigenvalue weighted by atomic mass is 35.5. The molecule has 106 valence electrons. The van der Waals surface area contributed by atoms with Crippen molar-refractivity contribution >= 4 is 17.4 Å². The second-order valence-corrected chi connectivity index (χ2v) is 5.11. The van der Waals surface area contributed by atoms with Crippen LogP contribution < -0.4 is 5.73 Å². The predicted molar refractivity (Wildman–Crippen MR) is 80.9 cm³/mol. The minimum absolute atomic E-state index is 0.262. The monoisotopic (exact) mass is 302 g/mol. The zero-order chi connectivity index (χ0) is 15.0. The minimum Gasteiger partial charge on any atom is -0.382 e. The highest BCUT2D eigenvalue weighted by Gasteiger charge is 2.14. The van der Waals surface area contributed by atoms with Gasteiger partial charge in [-0.3, -0.25) is 0 Å². The van der Waals surface area contributed by atoms with Gasteiger partial charge in [0.25, 0.3) is 0 Å². The third kappa shape index (κ3) is 2.48. The molecule has 6 heteroatoms. The van der Waals surface area contributed by atoms with Gasteiger partial charge in [0.1, 0.15) is 11.5 Å². The van der Waals surface area contributed by atoms with Crippen molar-refractivity contribution in [3.05, 3.63) is 58.9 Å². The maximum atomic E-state index is 13.3. The molecule has 0 atom stereocenters. The van der Waals surface area contributed by atoms with E-state index in [1.807, 2.05) is 0 Å². The standard InChI is InChI=1S/C15H12ClFN4/c1-9-8-10(2-7-13(9)17)14-15(18)21(20-19-14)12-5-3-11(16)4-6-12/h2-8H,18H2,1H3. The maximum Gasteiger partial charge on any atom is 0.155 e. The molecule has 0 radical (unpaired) electrons. The van der Waals surface area contributed by atoms with Crippen molar-refractivity contribution in [2.24, 2.45) is 0 Å². The molecule has 0 bridgehead atoms. The van der Waals surface area contributed by atoms with Crippen LogP contribution in [-0.4, -0.2) is 15.0 Å². The van der Waals surface area contributed by atoms with Gasteiger partial charge < -0.3 is 5.73 Å². The van der Waals surface area contributed by atoms with Gasteiger partial charge in [-0.15, -0.1) is 5.10 Å². The van der Waals surface area contributed by atoms with Gasteiger partial charge in [-0.25, -0.2) is 4.39 Å². The summed E-state index contributed by atoms with van der Waals surface area (Å²) in [6.07, 6.45) is 0. The first-order valence-electron chi connectivity index (χ1n) is 6.30. The summed E-state index contributed by atoms with van der Waals surface area (Å²) >= 11 is 5.86. The molecule has 0 aliphatic rings. The lowest BCUT2D eigenvalue weighted by atomic mass is 10.1. The van der Waals surface area contributed by atoms with Crippen LogP contribution in [0.5, 0.6) is 0 Å². The van der Waals surface area contributed by atoms with Gasteiger partial charge in [0.15, 0.2) is 5.82 Å². The topological polar surface area (TPSA) is 56.7 Å². The number of nitrogen functional groups attached to an aromatic ring is 1. The smallest absolute Gasteiger partial charge is 0.155 e. The SMILES string of the molecule is Cc1cc(-c2nnn(-c3ccc(Cl)cc3)c2N)ccc1F. The van der Waals surface area contributed by atoms with E-state index in [1.54, 1.807) is 43.3 Å². The summed E-state index contributed by atoms with van der Waals surface area (Å²) in [5.74, 6) is 0.130. The number of nitrogens with two attached hydrogens (primary N) is 1. The Morgan fingerprint density at radius 1 is 1.14 bits per heavy atom. The number of aromatic nitrogens is 3. The second kappa shape index (κ2) is 5.18. The van der Waals surface area contributed by atoms with Crippen LogP contribution in [-0.2, 0) is 0 Å². The minimum atomic E-state index is -0.262. The Morgan fingerprint density at radius 3 is 2.52 bits per heavy atom. The molecule has 0 amide bonds. The molecule has 0 fully saturated rings. The number of aryl methyl sites for hydroxylation is 1. The van der Waals surface area contributed by atoms with Gasteiger partial charge in [-0.05, 0) is 55.0 Å². The Kier molecular flexibility index (Phi) is 3.35. The van der Waals surface area contributed by atoms with Crippen molar-refractivity contribution < 1.29 is 4.39 Å². The first-order valence-corrected chi connectivity index (χ1v) is 6.67. The van der Waals surface area contributed by atoms with E-state index in [0.29, 0.717) is 22.1 Å². The third-order valence-corrected chi connectivity index (χ3v) is 3.46. The molecule has 2 N–H and O–H groups in total. The molecule has 1 heterocycles. The zero-order valence-electron chi connectivity index (χ0n) is 11.2. The molecule has 0 spiro atoms. The van der Waals surface area contributed by atoms with Gasteiger partial charge in [0.2, 0.25) is 0 Å². The summed E-state index contributed by atoms with van der Waals surface area (Å²) in [6, 6.07) is 11.8. The zero-order valence-corrected chi connectivity index (χ0v) is 12.0. The molecule has 0 saturated heterocycles. The van der Waals surface area contributed by atoms with Crippen molar-refractivity contribution in [3.63, 3.8) is 0 Å². The Hall–Kier alpha value is -2.40. The summed E-state index contributed by atoms with van der Waals surface area (Å²) in [4.78, 5) is 0. The Morgan fingerprint density at radius 2 is 1.86 bits per heavy atom. The van der Waals surface area contributed by atoms with Crippen LogP contribution >= 0.6 is 11.6 Å². The average Bonchev–Trinajstić information content (AvgIpc) is 2.85. The number of anilines is 1. The van der Waals surface area contributed by atoms with Gasteiger partial charge in [-0.1, -0.05) is 16.8 Å². The summed E-state index contributed by atoms with van der Waals surface area (Å²) in [5, 5.41) is 8.77. The number of hydrogen-bond donors (Lipinski definition) is 1. The van der Waals surface area contributed by atoms with E-state index in [2.05, 4.69) is 10.3 Å². The molecule has 2 aromatic carbocycles. The van der Waals surface area contributed by atoms with Crippen LogP contribution in [0.3, 0.4) is 0 Å². The van der Waals surface area contributed by atoms with Crippen molar-refractivity contribution in [1.29, 1.82) is 0 Å². The fourth-order valence-electron chi connectivity index (χ4n) is 2.06. The van der Waals surface area contributed by atoms with E-state index in [1.165, 1.54) is 10.7 Å². The Labute approximate surface area is 126 Å². The van der Waals surface area contributed by atoms with E-state index in [9.17, 15) is 4.39 Å². The van der Waals surface area contributed by atoms with E-state index < -0.39 is 0 Å².